The zero-order valence-corrected chi connectivity index (χ0v) is 14.5. The summed E-state index contributed by atoms with van der Waals surface area (Å²) in [6.45, 7) is 1.24. The molecule has 1 aliphatic rings. The van der Waals surface area contributed by atoms with Gasteiger partial charge >= 0.3 is 0 Å². The molecule has 0 amide bonds. The van der Waals surface area contributed by atoms with Crippen molar-refractivity contribution >= 4 is 39.7 Å². The largest absolute Gasteiger partial charge is 0.486 e. The third-order valence-electron chi connectivity index (χ3n) is 4.13. The van der Waals surface area contributed by atoms with E-state index in [-0.39, 0.29) is 11.1 Å². The van der Waals surface area contributed by atoms with E-state index in [0.717, 1.165) is 6.42 Å². The van der Waals surface area contributed by atoms with E-state index in [1.807, 2.05) is 0 Å². The number of aromatic nitrogens is 2. The minimum atomic E-state index is -0.510. The van der Waals surface area contributed by atoms with Crippen molar-refractivity contribution < 1.29 is 13.9 Å². The van der Waals surface area contributed by atoms with Gasteiger partial charge in [0, 0.05) is 23.6 Å². The van der Waals surface area contributed by atoms with Crippen LogP contribution in [0.1, 0.15) is 6.42 Å². The van der Waals surface area contributed by atoms with Crippen molar-refractivity contribution in [2.24, 2.45) is 0 Å². The molecule has 2 aromatic carbocycles. The van der Waals surface area contributed by atoms with Crippen LogP contribution in [-0.2, 0) is 4.74 Å². The molecule has 6 nitrogen and oxygen atoms in total. The second-order valence-corrected chi connectivity index (χ2v) is 6.39. The summed E-state index contributed by atoms with van der Waals surface area (Å²) in [5.74, 6) is 0.568. The first kappa shape index (κ1) is 16.8. The average Bonchev–Trinajstić information content (AvgIpc) is 3.13. The number of ether oxygens (including phenoxy) is 2. The van der Waals surface area contributed by atoms with Gasteiger partial charge in [0.15, 0.2) is 0 Å². The molecule has 134 valence electrons. The predicted octanol–water partition coefficient (Wildman–Crippen LogP) is 3.92. The van der Waals surface area contributed by atoms with Crippen LogP contribution in [0.15, 0.2) is 36.7 Å². The van der Waals surface area contributed by atoms with Crippen LogP contribution in [0, 0.1) is 5.82 Å². The summed E-state index contributed by atoms with van der Waals surface area (Å²) in [4.78, 5) is 8.51. The van der Waals surface area contributed by atoms with Gasteiger partial charge in [-0.25, -0.2) is 14.4 Å². The summed E-state index contributed by atoms with van der Waals surface area (Å²) in [6, 6.07) is 7.97. The van der Waals surface area contributed by atoms with Crippen LogP contribution in [0.4, 0.5) is 21.6 Å². The molecule has 0 radical (unpaired) electrons. The van der Waals surface area contributed by atoms with Crippen LogP contribution >= 0.6 is 11.6 Å². The van der Waals surface area contributed by atoms with Gasteiger partial charge in [-0.1, -0.05) is 11.6 Å². The molecule has 0 aliphatic carbocycles. The first-order chi connectivity index (χ1) is 12.6. The smallest absolute Gasteiger partial charge is 0.144 e. The van der Waals surface area contributed by atoms with Gasteiger partial charge in [-0.3, -0.25) is 0 Å². The van der Waals surface area contributed by atoms with Gasteiger partial charge < -0.3 is 20.5 Å². The molecule has 0 bridgehead atoms. The summed E-state index contributed by atoms with van der Waals surface area (Å²) in [5.41, 5.74) is 7.81. The monoisotopic (exact) mass is 374 g/mol. The first-order valence-corrected chi connectivity index (χ1v) is 8.48. The highest BCUT2D eigenvalue weighted by atomic mass is 35.5. The number of anilines is 3. The Balaban J connectivity index is 1.67. The Bertz CT molecular complexity index is 963. The van der Waals surface area contributed by atoms with Gasteiger partial charge in [-0.2, -0.15) is 0 Å². The Hall–Kier alpha value is -2.64. The third kappa shape index (κ3) is 3.36. The SMILES string of the molecule is Nc1cc2c(Nc3ccc(Cl)c(F)c3)ncnc2cc1O[C@H]1CCOC1. The molecule has 1 aromatic heterocycles. The maximum atomic E-state index is 13.7. The molecule has 2 heterocycles. The Morgan fingerprint density at radius 2 is 2.15 bits per heavy atom. The summed E-state index contributed by atoms with van der Waals surface area (Å²) in [6.07, 6.45) is 2.25. The minimum absolute atomic E-state index is 0.00812. The number of nitrogens with zero attached hydrogens (tertiary/aromatic N) is 2. The fourth-order valence-electron chi connectivity index (χ4n) is 2.80. The molecule has 1 saturated heterocycles. The average molecular weight is 375 g/mol. The van der Waals surface area contributed by atoms with Gasteiger partial charge in [0.25, 0.3) is 0 Å². The topological polar surface area (TPSA) is 82.3 Å². The predicted molar refractivity (Wildman–Crippen MR) is 98.5 cm³/mol. The molecular weight excluding hydrogens is 359 g/mol. The summed E-state index contributed by atoms with van der Waals surface area (Å²) in [5, 5.41) is 3.83. The molecule has 0 saturated carbocycles. The van der Waals surface area contributed by atoms with Crippen LogP contribution in [0.25, 0.3) is 10.9 Å². The maximum Gasteiger partial charge on any atom is 0.144 e. The molecular formula is C18H16ClFN4O2. The van der Waals surface area contributed by atoms with E-state index in [4.69, 9.17) is 26.8 Å². The quantitative estimate of drug-likeness (QED) is 0.673. The Labute approximate surface area is 154 Å². The fourth-order valence-corrected chi connectivity index (χ4v) is 2.92. The van der Waals surface area contributed by atoms with Crippen LogP contribution in [0.3, 0.4) is 0 Å². The summed E-state index contributed by atoms with van der Waals surface area (Å²) in [7, 11) is 0. The van der Waals surface area contributed by atoms with Gasteiger partial charge in [-0.05, 0) is 24.3 Å². The highest BCUT2D eigenvalue weighted by Gasteiger charge is 2.19. The number of hydrogen-bond acceptors (Lipinski definition) is 6. The molecule has 0 unspecified atom stereocenters. The maximum absolute atomic E-state index is 13.7. The van der Waals surface area contributed by atoms with E-state index in [0.29, 0.717) is 47.1 Å². The van der Waals surface area contributed by atoms with Crippen LogP contribution in [0.5, 0.6) is 5.75 Å². The Morgan fingerprint density at radius 3 is 2.92 bits per heavy atom. The molecule has 0 spiro atoms. The van der Waals surface area contributed by atoms with Crippen molar-refractivity contribution in [3.05, 3.63) is 47.5 Å². The lowest BCUT2D eigenvalue weighted by Gasteiger charge is -2.15. The normalized spacial score (nSPS) is 16.8. The summed E-state index contributed by atoms with van der Waals surface area (Å²) >= 11 is 5.72. The first-order valence-electron chi connectivity index (χ1n) is 8.11. The molecule has 8 heteroatoms. The van der Waals surface area contributed by atoms with E-state index in [1.54, 1.807) is 18.2 Å². The van der Waals surface area contributed by atoms with Gasteiger partial charge in [0.1, 0.15) is 29.8 Å². The molecule has 1 aliphatic heterocycles. The lowest BCUT2D eigenvalue weighted by molar-refractivity contribution is 0.142. The van der Waals surface area contributed by atoms with Crippen molar-refractivity contribution in [2.75, 3.05) is 24.3 Å². The molecule has 1 atom stereocenters. The van der Waals surface area contributed by atoms with E-state index < -0.39 is 5.82 Å². The highest BCUT2D eigenvalue weighted by molar-refractivity contribution is 6.30. The van der Waals surface area contributed by atoms with Crippen molar-refractivity contribution in [1.82, 2.24) is 9.97 Å². The molecule has 26 heavy (non-hydrogen) atoms. The number of rotatable bonds is 4. The number of nitrogens with one attached hydrogen (secondary N) is 1. The molecule has 3 N–H and O–H groups in total. The van der Waals surface area contributed by atoms with E-state index in [9.17, 15) is 4.39 Å². The number of halogens is 2. The Kier molecular flexibility index (Phi) is 4.48. The van der Waals surface area contributed by atoms with E-state index >= 15 is 0 Å². The number of hydrogen-bond donors (Lipinski definition) is 2. The number of nitrogens with two attached hydrogens (primary N) is 1. The molecule has 4 rings (SSSR count). The summed E-state index contributed by atoms with van der Waals surface area (Å²) < 4.78 is 24.9. The highest BCUT2D eigenvalue weighted by Crippen LogP contribution is 2.33. The van der Waals surface area contributed by atoms with E-state index in [1.165, 1.54) is 18.5 Å². The minimum Gasteiger partial charge on any atom is -0.486 e. The van der Waals surface area contributed by atoms with Crippen LogP contribution in [0.2, 0.25) is 5.02 Å². The van der Waals surface area contributed by atoms with Gasteiger partial charge in [-0.15, -0.1) is 0 Å². The van der Waals surface area contributed by atoms with Crippen molar-refractivity contribution in [3.8, 4) is 5.75 Å². The van der Waals surface area contributed by atoms with E-state index in [2.05, 4.69) is 15.3 Å². The number of benzene rings is 2. The van der Waals surface area contributed by atoms with Gasteiger partial charge in [0.2, 0.25) is 0 Å². The van der Waals surface area contributed by atoms with Crippen molar-refractivity contribution in [3.63, 3.8) is 0 Å². The molecule has 1 fully saturated rings. The lowest BCUT2D eigenvalue weighted by atomic mass is 10.2. The zero-order chi connectivity index (χ0) is 18.1. The standard InChI is InChI=1S/C18H16ClFN4O2/c19-13-2-1-10(5-14(13)20)24-18-12-6-15(21)17(7-16(12)22-9-23-18)26-11-3-4-25-8-11/h1-2,5-7,9,11H,3-4,8,21H2,(H,22,23,24)/t11-/m0/s1. The zero-order valence-electron chi connectivity index (χ0n) is 13.7. The number of nitrogen functional groups attached to an aromatic ring is 1. The second kappa shape index (κ2) is 6.93. The fraction of sp³-hybridized carbons (Fsp3) is 0.222. The van der Waals surface area contributed by atoms with Gasteiger partial charge in [0.05, 0.1) is 29.4 Å². The Morgan fingerprint density at radius 1 is 1.27 bits per heavy atom. The number of fused-ring (bicyclic) bond motifs is 1. The van der Waals surface area contributed by atoms with Crippen molar-refractivity contribution in [1.29, 1.82) is 0 Å². The van der Waals surface area contributed by atoms with Crippen LogP contribution in [-0.4, -0.2) is 29.3 Å². The third-order valence-corrected chi connectivity index (χ3v) is 4.44. The van der Waals surface area contributed by atoms with Crippen LogP contribution < -0.4 is 15.8 Å². The van der Waals surface area contributed by atoms with Crippen molar-refractivity contribution in [2.45, 2.75) is 12.5 Å². The lowest BCUT2D eigenvalue weighted by Crippen LogP contribution is -2.16. The second-order valence-electron chi connectivity index (χ2n) is 5.99. The molecule has 3 aromatic rings.